The lowest BCUT2D eigenvalue weighted by Crippen LogP contribution is -2.26. The average molecular weight is 471 g/mol. The average Bonchev–Trinajstić information content (AvgIpc) is 3.21. The predicted molar refractivity (Wildman–Crippen MR) is 146 cm³/mol. The van der Waals surface area contributed by atoms with Crippen LogP contribution in [-0.2, 0) is 24.9 Å². The molecule has 5 heteroatoms. The highest BCUT2D eigenvalue weighted by Crippen LogP contribution is 2.37. The summed E-state index contributed by atoms with van der Waals surface area (Å²) < 4.78 is 0. The summed E-state index contributed by atoms with van der Waals surface area (Å²) in [6.07, 6.45) is 3.03. The maximum atomic E-state index is 11.3. The Kier molecular flexibility index (Phi) is 7.18. The van der Waals surface area contributed by atoms with E-state index in [9.17, 15) is 5.11 Å². The Balaban J connectivity index is 1.66. The van der Waals surface area contributed by atoms with Gasteiger partial charge in [-0.05, 0) is 54.7 Å². The first kappa shape index (κ1) is 24.8. The molecule has 0 aliphatic rings. The van der Waals surface area contributed by atoms with Crippen LogP contribution in [0.5, 0.6) is 5.75 Å². The van der Waals surface area contributed by atoms with Crippen molar-refractivity contribution in [2.75, 3.05) is 25.5 Å². The fourth-order valence-corrected chi connectivity index (χ4v) is 4.62. The molecular weight excluding hydrogens is 432 g/mol. The standard InChI is InChI=1S/C30H38N4O/c1-21-10-9-11-24(32-21)20-34(15-14-22-18-31-28-13-8-7-12-26(22)28)19-23-16-25(33(5)6)17-27(29(23)35)30(2,3)4/h7-13,16-18,31,35H,14-15,19-20H2,1-6H3. The van der Waals surface area contributed by atoms with Crippen LogP contribution >= 0.6 is 0 Å². The van der Waals surface area contributed by atoms with Gasteiger partial charge in [0.05, 0.1) is 5.69 Å². The summed E-state index contributed by atoms with van der Waals surface area (Å²) in [5.41, 5.74) is 7.42. The molecule has 0 atom stereocenters. The smallest absolute Gasteiger partial charge is 0.123 e. The summed E-state index contributed by atoms with van der Waals surface area (Å²) in [5.74, 6) is 0.400. The van der Waals surface area contributed by atoms with Crippen LogP contribution < -0.4 is 4.90 Å². The van der Waals surface area contributed by atoms with Crippen molar-refractivity contribution in [2.24, 2.45) is 0 Å². The van der Waals surface area contributed by atoms with E-state index in [2.05, 4.69) is 90.3 Å². The summed E-state index contributed by atoms with van der Waals surface area (Å²) in [5, 5.41) is 12.6. The van der Waals surface area contributed by atoms with Gasteiger partial charge in [0.1, 0.15) is 5.75 Å². The number of pyridine rings is 1. The summed E-state index contributed by atoms with van der Waals surface area (Å²) in [7, 11) is 4.10. The van der Waals surface area contributed by atoms with Crippen molar-refractivity contribution in [1.29, 1.82) is 0 Å². The SMILES string of the molecule is Cc1cccc(CN(CCc2c[nH]c3ccccc23)Cc2cc(N(C)C)cc(C(C)(C)C)c2O)n1. The van der Waals surface area contributed by atoms with E-state index in [0.29, 0.717) is 12.3 Å². The van der Waals surface area contributed by atoms with Crippen molar-refractivity contribution >= 4 is 16.6 Å². The van der Waals surface area contributed by atoms with Gasteiger partial charge in [-0.2, -0.15) is 0 Å². The van der Waals surface area contributed by atoms with Crippen molar-refractivity contribution in [3.05, 3.63) is 88.9 Å². The fourth-order valence-electron chi connectivity index (χ4n) is 4.62. The lowest BCUT2D eigenvalue weighted by molar-refractivity contribution is 0.253. The molecule has 0 aliphatic carbocycles. The number of anilines is 1. The molecule has 0 saturated carbocycles. The number of rotatable bonds is 8. The molecule has 0 unspecified atom stereocenters. The van der Waals surface area contributed by atoms with Gasteiger partial charge in [0.2, 0.25) is 0 Å². The maximum Gasteiger partial charge on any atom is 0.123 e. The molecule has 35 heavy (non-hydrogen) atoms. The highest BCUT2D eigenvalue weighted by Gasteiger charge is 2.23. The summed E-state index contributed by atoms with van der Waals surface area (Å²) in [6.45, 7) is 10.7. The molecule has 0 radical (unpaired) electrons. The number of nitrogens with zero attached hydrogens (tertiary/aromatic N) is 3. The molecule has 0 saturated heterocycles. The number of para-hydroxylation sites is 1. The molecule has 2 aromatic heterocycles. The number of benzene rings is 2. The van der Waals surface area contributed by atoms with E-state index in [1.54, 1.807) is 0 Å². The molecule has 4 aromatic rings. The van der Waals surface area contributed by atoms with Gasteiger partial charge >= 0.3 is 0 Å². The van der Waals surface area contributed by atoms with Gasteiger partial charge < -0.3 is 15.0 Å². The van der Waals surface area contributed by atoms with Crippen molar-refractivity contribution in [1.82, 2.24) is 14.9 Å². The number of aromatic hydroxyl groups is 1. The molecule has 2 aromatic carbocycles. The predicted octanol–water partition coefficient (Wildman–Crippen LogP) is 6.19. The summed E-state index contributed by atoms with van der Waals surface area (Å²) in [4.78, 5) is 12.7. The Morgan fingerprint density at radius 3 is 2.43 bits per heavy atom. The van der Waals surface area contributed by atoms with Crippen LogP contribution in [0.1, 0.15) is 48.8 Å². The number of fused-ring (bicyclic) bond motifs is 1. The number of aryl methyl sites for hydroxylation is 1. The van der Waals surface area contributed by atoms with Crippen LogP contribution in [0.15, 0.2) is 60.8 Å². The Morgan fingerprint density at radius 2 is 1.71 bits per heavy atom. The van der Waals surface area contributed by atoms with Crippen LogP contribution in [0, 0.1) is 6.92 Å². The van der Waals surface area contributed by atoms with Gasteiger partial charge in [-0.15, -0.1) is 0 Å². The number of phenols is 1. The summed E-state index contributed by atoms with van der Waals surface area (Å²) in [6, 6.07) is 18.9. The zero-order chi connectivity index (χ0) is 25.2. The van der Waals surface area contributed by atoms with Crippen molar-refractivity contribution in [2.45, 2.75) is 52.6 Å². The van der Waals surface area contributed by atoms with Crippen LogP contribution in [0.3, 0.4) is 0 Å². The fraction of sp³-hybridized carbons (Fsp3) is 0.367. The van der Waals surface area contributed by atoms with Gasteiger partial charge in [0.15, 0.2) is 0 Å². The minimum atomic E-state index is -0.155. The van der Waals surface area contributed by atoms with E-state index in [1.807, 2.05) is 27.1 Å². The Hall–Kier alpha value is -3.31. The van der Waals surface area contributed by atoms with Crippen LogP contribution in [0.25, 0.3) is 10.9 Å². The van der Waals surface area contributed by atoms with E-state index in [0.717, 1.165) is 47.7 Å². The van der Waals surface area contributed by atoms with Gasteiger partial charge in [-0.3, -0.25) is 9.88 Å². The van der Waals surface area contributed by atoms with E-state index >= 15 is 0 Å². The third-order valence-electron chi connectivity index (χ3n) is 6.60. The van der Waals surface area contributed by atoms with Crippen LogP contribution in [0.2, 0.25) is 0 Å². The monoisotopic (exact) mass is 470 g/mol. The maximum absolute atomic E-state index is 11.3. The number of nitrogens with one attached hydrogen (secondary N) is 1. The Labute approximate surface area is 209 Å². The third-order valence-corrected chi connectivity index (χ3v) is 6.60. The number of aromatic nitrogens is 2. The molecule has 0 fully saturated rings. The molecule has 0 aliphatic heterocycles. The quantitative estimate of drug-likeness (QED) is 0.323. The summed E-state index contributed by atoms with van der Waals surface area (Å²) >= 11 is 0. The molecule has 2 N–H and O–H groups in total. The van der Waals surface area contributed by atoms with Gasteiger partial charge in [0, 0.05) is 73.3 Å². The lowest BCUT2D eigenvalue weighted by Gasteiger charge is -2.28. The lowest BCUT2D eigenvalue weighted by atomic mass is 9.84. The number of hydrogen-bond donors (Lipinski definition) is 2. The molecule has 0 amide bonds. The van der Waals surface area contributed by atoms with E-state index in [-0.39, 0.29) is 5.41 Å². The minimum Gasteiger partial charge on any atom is -0.507 e. The van der Waals surface area contributed by atoms with Crippen LogP contribution in [-0.4, -0.2) is 40.6 Å². The second-order valence-corrected chi connectivity index (χ2v) is 10.7. The number of H-pyrrole nitrogens is 1. The Morgan fingerprint density at radius 1 is 0.943 bits per heavy atom. The van der Waals surface area contributed by atoms with Crippen molar-refractivity contribution in [3.63, 3.8) is 0 Å². The second-order valence-electron chi connectivity index (χ2n) is 10.7. The van der Waals surface area contributed by atoms with Crippen molar-refractivity contribution < 1.29 is 5.11 Å². The minimum absolute atomic E-state index is 0.155. The molecule has 2 heterocycles. The topological polar surface area (TPSA) is 55.4 Å². The molecule has 184 valence electrons. The molecular formula is C30H38N4O. The number of phenolic OH excluding ortho intramolecular Hbond substituents is 1. The number of aromatic amines is 1. The molecule has 0 spiro atoms. The Bertz CT molecular complexity index is 1300. The van der Waals surface area contributed by atoms with Gasteiger partial charge in [0.25, 0.3) is 0 Å². The largest absolute Gasteiger partial charge is 0.507 e. The highest BCUT2D eigenvalue weighted by atomic mass is 16.3. The first-order valence-electron chi connectivity index (χ1n) is 12.4. The van der Waals surface area contributed by atoms with E-state index in [4.69, 9.17) is 4.98 Å². The normalized spacial score (nSPS) is 12.0. The third kappa shape index (κ3) is 5.85. The molecule has 5 nitrogen and oxygen atoms in total. The first-order chi connectivity index (χ1) is 16.6. The molecule has 0 bridgehead atoms. The van der Waals surface area contributed by atoms with E-state index in [1.165, 1.54) is 16.5 Å². The highest BCUT2D eigenvalue weighted by molar-refractivity contribution is 5.83. The number of hydrogen-bond acceptors (Lipinski definition) is 4. The zero-order valence-electron chi connectivity index (χ0n) is 21.9. The van der Waals surface area contributed by atoms with E-state index < -0.39 is 0 Å². The first-order valence-corrected chi connectivity index (χ1v) is 12.4. The van der Waals surface area contributed by atoms with Crippen LogP contribution in [0.4, 0.5) is 5.69 Å². The molecule has 4 rings (SSSR count). The van der Waals surface area contributed by atoms with Gasteiger partial charge in [-0.1, -0.05) is 45.0 Å². The van der Waals surface area contributed by atoms with Crippen molar-refractivity contribution in [3.8, 4) is 5.75 Å². The van der Waals surface area contributed by atoms with Gasteiger partial charge in [-0.25, -0.2) is 0 Å². The zero-order valence-corrected chi connectivity index (χ0v) is 21.9. The second kappa shape index (κ2) is 10.1.